The Kier molecular flexibility index (Phi) is 8.64. The van der Waals surface area contributed by atoms with Gasteiger partial charge in [0.15, 0.2) is 21.4 Å². The number of nitrogens with one attached hydrogen (secondary N) is 2. The molecule has 0 bridgehead atoms. The number of rotatable bonds is 9. The Morgan fingerprint density at radius 1 is 1.20 bits per heavy atom. The molecule has 0 spiro atoms. The van der Waals surface area contributed by atoms with Gasteiger partial charge >= 0.3 is 12.8 Å². The number of halogens is 7. The van der Waals surface area contributed by atoms with Crippen LogP contribution in [0.3, 0.4) is 0 Å². The SMILES string of the molecule is C[C@@H](/C=C/S(C)(=O)=O)NC(=O)c1cnc(C(F)(F)F)nc1NCc1c(F)ccc(F)c1OC(F)F. The Morgan fingerprint density at radius 2 is 1.83 bits per heavy atom. The molecule has 2 aromatic rings. The van der Waals surface area contributed by atoms with E-state index in [-0.39, 0.29) is 0 Å². The maximum Gasteiger partial charge on any atom is 0.451 e. The fraction of sp³-hybridized carbons (Fsp3) is 0.316. The summed E-state index contributed by atoms with van der Waals surface area (Å²) in [5.74, 6) is -7.34. The van der Waals surface area contributed by atoms with E-state index in [0.717, 1.165) is 17.7 Å². The Morgan fingerprint density at radius 3 is 2.40 bits per heavy atom. The van der Waals surface area contributed by atoms with E-state index >= 15 is 0 Å². The number of aromatic nitrogens is 2. The van der Waals surface area contributed by atoms with Gasteiger partial charge in [-0.2, -0.15) is 22.0 Å². The van der Waals surface area contributed by atoms with Crippen molar-refractivity contribution in [2.75, 3.05) is 11.6 Å². The quantitative estimate of drug-likeness (QED) is 0.476. The maximum absolute atomic E-state index is 14.2. The number of carbonyl (C=O) groups excluding carboxylic acids is 1. The van der Waals surface area contributed by atoms with Gasteiger partial charge in [-0.3, -0.25) is 4.79 Å². The first-order valence-corrected chi connectivity index (χ1v) is 11.3. The van der Waals surface area contributed by atoms with E-state index in [2.05, 4.69) is 25.3 Å². The lowest BCUT2D eigenvalue weighted by Crippen LogP contribution is -2.32. The van der Waals surface area contributed by atoms with Crippen LogP contribution in [0.2, 0.25) is 0 Å². The molecule has 1 heterocycles. The molecule has 8 nitrogen and oxygen atoms in total. The van der Waals surface area contributed by atoms with Crippen LogP contribution < -0.4 is 15.4 Å². The van der Waals surface area contributed by atoms with Crippen molar-refractivity contribution in [3.05, 3.63) is 58.4 Å². The summed E-state index contributed by atoms with van der Waals surface area (Å²) in [6, 6.07) is 0.168. The summed E-state index contributed by atoms with van der Waals surface area (Å²) < 4.78 is 119. The van der Waals surface area contributed by atoms with Gasteiger partial charge in [0.05, 0.1) is 5.56 Å². The third-order valence-corrected chi connectivity index (χ3v) is 4.71. The monoisotopic (exact) mass is 530 g/mol. The van der Waals surface area contributed by atoms with Gasteiger partial charge in [-0.15, -0.1) is 0 Å². The first-order valence-electron chi connectivity index (χ1n) is 9.37. The van der Waals surface area contributed by atoms with E-state index in [4.69, 9.17) is 0 Å². The summed E-state index contributed by atoms with van der Waals surface area (Å²) in [6.45, 7) is -3.10. The zero-order valence-electron chi connectivity index (χ0n) is 17.8. The number of benzene rings is 1. The molecule has 0 aliphatic rings. The number of amides is 1. The second kappa shape index (κ2) is 10.9. The van der Waals surface area contributed by atoms with Gasteiger partial charge in [0.2, 0.25) is 5.82 Å². The number of anilines is 1. The molecule has 0 aliphatic heterocycles. The normalized spacial score (nSPS) is 13.2. The maximum atomic E-state index is 14.2. The molecular weight excluding hydrogens is 513 g/mol. The average molecular weight is 530 g/mol. The third kappa shape index (κ3) is 8.08. The van der Waals surface area contributed by atoms with Crippen LogP contribution >= 0.6 is 0 Å². The Bertz CT molecular complexity index is 1220. The number of nitrogens with zero attached hydrogens (tertiary/aromatic N) is 2. The highest BCUT2D eigenvalue weighted by Gasteiger charge is 2.36. The number of alkyl halides is 5. The molecule has 1 aromatic carbocycles. The molecule has 2 N–H and O–H groups in total. The highest BCUT2D eigenvalue weighted by Crippen LogP contribution is 2.30. The van der Waals surface area contributed by atoms with Crippen LogP contribution in [0, 0.1) is 11.6 Å². The molecule has 0 radical (unpaired) electrons. The smallest absolute Gasteiger partial charge is 0.431 e. The molecule has 1 aromatic heterocycles. The fourth-order valence-electron chi connectivity index (χ4n) is 2.54. The van der Waals surface area contributed by atoms with E-state index < -0.39 is 81.3 Å². The van der Waals surface area contributed by atoms with Gasteiger partial charge in [0, 0.05) is 30.4 Å². The summed E-state index contributed by atoms with van der Waals surface area (Å²) in [7, 11) is -3.53. The average Bonchev–Trinajstić information content (AvgIpc) is 2.73. The highest BCUT2D eigenvalue weighted by molar-refractivity contribution is 7.93. The van der Waals surface area contributed by atoms with Gasteiger partial charge in [-0.05, 0) is 19.1 Å². The van der Waals surface area contributed by atoms with Crippen LogP contribution in [0.5, 0.6) is 5.75 Å². The zero-order valence-corrected chi connectivity index (χ0v) is 18.6. The van der Waals surface area contributed by atoms with E-state index in [1.54, 1.807) is 0 Å². The predicted molar refractivity (Wildman–Crippen MR) is 108 cm³/mol. The summed E-state index contributed by atoms with van der Waals surface area (Å²) in [4.78, 5) is 18.8. The first kappa shape index (κ1) is 27.8. The molecule has 0 fully saturated rings. The van der Waals surface area contributed by atoms with Gasteiger partial charge in [0.1, 0.15) is 17.2 Å². The van der Waals surface area contributed by atoms with Crippen LogP contribution in [0.1, 0.15) is 28.7 Å². The van der Waals surface area contributed by atoms with Gasteiger partial charge < -0.3 is 15.4 Å². The number of sulfone groups is 1. The van der Waals surface area contributed by atoms with E-state index in [1.165, 1.54) is 6.92 Å². The molecule has 16 heteroatoms. The molecule has 192 valence electrons. The lowest BCUT2D eigenvalue weighted by Gasteiger charge is -2.17. The molecule has 0 aliphatic carbocycles. The van der Waals surface area contributed by atoms with Gasteiger partial charge in [0.25, 0.3) is 5.91 Å². The topological polar surface area (TPSA) is 110 Å². The van der Waals surface area contributed by atoms with E-state index in [1.807, 2.05) is 0 Å². The van der Waals surface area contributed by atoms with E-state index in [0.29, 0.717) is 18.3 Å². The number of hydrogen-bond donors (Lipinski definition) is 2. The van der Waals surface area contributed by atoms with Crippen LogP contribution in [0.4, 0.5) is 36.6 Å². The van der Waals surface area contributed by atoms with Gasteiger partial charge in [-0.25, -0.2) is 27.2 Å². The second-order valence-electron chi connectivity index (χ2n) is 6.94. The molecular formula is C19H17F7N4O4S. The number of ether oxygens (including phenoxy) is 1. The van der Waals surface area contributed by atoms with Crippen molar-refractivity contribution >= 4 is 21.6 Å². The predicted octanol–water partition coefficient (Wildman–Crippen LogP) is 3.66. The summed E-state index contributed by atoms with van der Waals surface area (Å²) >= 11 is 0. The van der Waals surface area contributed by atoms with Crippen LogP contribution in [0.25, 0.3) is 0 Å². The van der Waals surface area contributed by atoms with Crippen LogP contribution in [-0.4, -0.2) is 43.2 Å². The van der Waals surface area contributed by atoms with Crippen molar-refractivity contribution in [2.24, 2.45) is 0 Å². The molecule has 0 saturated heterocycles. The molecule has 2 rings (SSSR count). The van der Waals surface area contributed by atoms with Crippen molar-refractivity contribution in [2.45, 2.75) is 32.3 Å². The lowest BCUT2D eigenvalue weighted by molar-refractivity contribution is -0.144. The largest absolute Gasteiger partial charge is 0.451 e. The summed E-state index contributed by atoms with van der Waals surface area (Å²) in [6.07, 6.45) is -2.58. The van der Waals surface area contributed by atoms with Crippen molar-refractivity contribution < 1.29 is 48.7 Å². The van der Waals surface area contributed by atoms with Crippen molar-refractivity contribution in [3.63, 3.8) is 0 Å². The standard InChI is InChI=1S/C19H17F7N4O4S/c1-9(5-6-35(2,32)33)29-16(31)11-8-28-17(19(24,25)26)30-15(11)27-7-10-12(20)3-4-13(21)14(10)34-18(22)23/h3-6,8-9,18H,7H2,1-2H3,(H,29,31)(H,27,28,30)/b6-5+/t9-/m0/s1. The summed E-state index contributed by atoms with van der Waals surface area (Å²) in [5, 5.41) is 5.24. The number of carbonyl (C=O) groups is 1. The molecule has 0 saturated carbocycles. The fourth-order valence-corrected chi connectivity index (χ4v) is 3.06. The van der Waals surface area contributed by atoms with Crippen molar-refractivity contribution in [1.29, 1.82) is 0 Å². The summed E-state index contributed by atoms with van der Waals surface area (Å²) in [5.41, 5.74) is -1.40. The molecule has 35 heavy (non-hydrogen) atoms. The van der Waals surface area contributed by atoms with Crippen LogP contribution in [0.15, 0.2) is 29.8 Å². The van der Waals surface area contributed by atoms with Crippen molar-refractivity contribution in [3.8, 4) is 5.75 Å². The first-order chi connectivity index (χ1) is 16.1. The molecule has 1 amide bonds. The highest BCUT2D eigenvalue weighted by atomic mass is 32.2. The minimum Gasteiger partial charge on any atom is -0.431 e. The Labute approximate surface area is 194 Å². The third-order valence-electron chi connectivity index (χ3n) is 4.05. The Hall–Kier alpha value is -3.43. The van der Waals surface area contributed by atoms with E-state index in [9.17, 15) is 43.9 Å². The minimum absolute atomic E-state index is 0.499. The molecule has 1 atom stereocenters. The van der Waals surface area contributed by atoms with Crippen molar-refractivity contribution in [1.82, 2.24) is 15.3 Å². The second-order valence-corrected chi connectivity index (χ2v) is 8.87. The van der Waals surface area contributed by atoms with Crippen LogP contribution in [-0.2, 0) is 22.6 Å². The number of hydrogen-bond acceptors (Lipinski definition) is 7. The Balaban J connectivity index is 2.42. The zero-order chi connectivity index (χ0) is 26.6. The minimum atomic E-state index is -5.05. The van der Waals surface area contributed by atoms with Gasteiger partial charge in [-0.1, -0.05) is 6.08 Å². The lowest BCUT2D eigenvalue weighted by atomic mass is 10.1. The molecule has 0 unspecified atom stereocenters.